The van der Waals surface area contributed by atoms with Crippen molar-refractivity contribution in [1.82, 2.24) is 14.1 Å². The summed E-state index contributed by atoms with van der Waals surface area (Å²) in [5.74, 6) is 0. The molecule has 0 saturated carbocycles. The summed E-state index contributed by atoms with van der Waals surface area (Å²) in [6.45, 7) is 0. The summed E-state index contributed by atoms with van der Waals surface area (Å²) in [5.41, 5.74) is -4.89. The average molecular weight is 377 g/mol. The maximum atomic E-state index is 13.6. The van der Waals surface area contributed by atoms with Gasteiger partial charge in [-0.15, -0.1) is 0 Å². The van der Waals surface area contributed by atoms with Crippen LogP contribution in [0.15, 0.2) is 43.1 Å². The highest BCUT2D eigenvalue weighted by Crippen LogP contribution is 2.36. The normalized spacial score (nSPS) is 12.3. The molecule has 0 saturated heterocycles. The van der Waals surface area contributed by atoms with E-state index in [0.717, 1.165) is 9.13 Å². The molecule has 10 heteroatoms. The van der Waals surface area contributed by atoms with Crippen LogP contribution in [0.1, 0.15) is 5.69 Å². The van der Waals surface area contributed by atoms with Crippen molar-refractivity contribution in [2.24, 2.45) is 14.1 Å². The van der Waals surface area contributed by atoms with Gasteiger partial charge in [-0.3, -0.25) is 13.9 Å². The topological polar surface area (TPSA) is 87.1 Å². The molecule has 3 aromatic heterocycles. The quantitative estimate of drug-likeness (QED) is 0.345. The number of fused-ring (bicyclic) bond motifs is 5. The van der Waals surface area contributed by atoms with Crippen LogP contribution in [0.5, 0.6) is 0 Å². The number of benzene rings is 1. The number of halogens is 3. The van der Waals surface area contributed by atoms with Gasteiger partial charge >= 0.3 is 17.5 Å². The molecule has 4 rings (SSSR count). The fourth-order valence-electron chi connectivity index (χ4n) is 3.17. The monoisotopic (exact) mass is 377 g/mol. The minimum Gasteiger partial charge on any atom is -0.422 e. The van der Waals surface area contributed by atoms with Crippen molar-refractivity contribution in [1.29, 1.82) is 0 Å². The van der Waals surface area contributed by atoms with E-state index in [9.17, 15) is 27.6 Å². The van der Waals surface area contributed by atoms with Crippen LogP contribution < -0.4 is 16.9 Å². The number of nitrogens with zero attached hydrogens (tertiary/aromatic N) is 3. The number of aromatic nitrogens is 3. The van der Waals surface area contributed by atoms with Crippen molar-refractivity contribution in [3.8, 4) is 0 Å². The van der Waals surface area contributed by atoms with Gasteiger partial charge in [0.05, 0.1) is 10.8 Å². The van der Waals surface area contributed by atoms with Crippen LogP contribution in [-0.2, 0) is 20.3 Å². The van der Waals surface area contributed by atoms with Crippen molar-refractivity contribution >= 4 is 32.8 Å². The molecule has 0 aliphatic rings. The minimum atomic E-state index is -5.00. The number of aryl methyl sites for hydroxylation is 1. The van der Waals surface area contributed by atoms with Crippen molar-refractivity contribution in [3.05, 3.63) is 61.2 Å². The van der Waals surface area contributed by atoms with Crippen molar-refractivity contribution < 1.29 is 17.6 Å². The summed E-state index contributed by atoms with van der Waals surface area (Å²) < 4.78 is 47.5. The standard InChI is InChI=1S/C17H10F3N3O4/c1-22-13-11(14(24)23(2)16(22)26)9-7-5-3-4-6-8(7)27-15(25)10(9)12(21-13)17(18,19)20/h3-6H,1-2H3. The summed E-state index contributed by atoms with van der Waals surface area (Å²) in [4.78, 5) is 40.7. The van der Waals surface area contributed by atoms with Gasteiger partial charge in [-0.1, -0.05) is 18.2 Å². The molecular formula is C17H10F3N3O4. The number of rotatable bonds is 0. The first-order valence-corrected chi connectivity index (χ1v) is 7.65. The number of pyridine rings is 1. The van der Waals surface area contributed by atoms with E-state index >= 15 is 0 Å². The first-order chi connectivity index (χ1) is 12.6. The van der Waals surface area contributed by atoms with Gasteiger partial charge in [0, 0.05) is 24.9 Å². The zero-order valence-electron chi connectivity index (χ0n) is 13.9. The first-order valence-electron chi connectivity index (χ1n) is 7.65. The molecular weight excluding hydrogens is 367 g/mol. The highest BCUT2D eigenvalue weighted by molar-refractivity contribution is 6.17. The SMILES string of the molecule is Cn1c(=O)c2c3c(c(C(F)(F)F)nc2n(C)c1=O)c(=O)oc1ccccc13. The van der Waals surface area contributed by atoms with E-state index in [0.29, 0.717) is 0 Å². The summed E-state index contributed by atoms with van der Waals surface area (Å²) in [7, 11) is 2.40. The lowest BCUT2D eigenvalue weighted by atomic mass is 10.0. The van der Waals surface area contributed by atoms with Gasteiger partial charge in [0.2, 0.25) is 0 Å². The molecule has 7 nitrogen and oxygen atoms in total. The molecule has 0 radical (unpaired) electrons. The van der Waals surface area contributed by atoms with Gasteiger partial charge in [-0.05, 0) is 6.07 Å². The Morgan fingerprint density at radius 3 is 2.30 bits per heavy atom. The molecule has 0 N–H and O–H groups in total. The lowest BCUT2D eigenvalue weighted by Crippen LogP contribution is -2.38. The van der Waals surface area contributed by atoms with Crippen LogP contribution in [0.2, 0.25) is 0 Å². The Balaban J connectivity index is 2.55. The number of hydrogen-bond acceptors (Lipinski definition) is 5. The van der Waals surface area contributed by atoms with Crippen LogP contribution >= 0.6 is 0 Å². The molecule has 0 amide bonds. The maximum absolute atomic E-state index is 13.6. The first kappa shape index (κ1) is 17.0. The molecule has 1 aromatic carbocycles. The lowest BCUT2D eigenvalue weighted by Gasteiger charge is -2.14. The molecule has 4 aromatic rings. The molecule has 0 unspecified atom stereocenters. The van der Waals surface area contributed by atoms with E-state index in [-0.39, 0.29) is 21.7 Å². The zero-order valence-corrected chi connectivity index (χ0v) is 13.9. The number of alkyl halides is 3. The molecule has 138 valence electrons. The summed E-state index contributed by atoms with van der Waals surface area (Å²) in [6, 6.07) is 5.92. The fourth-order valence-corrected chi connectivity index (χ4v) is 3.17. The predicted octanol–water partition coefficient (Wildman–Crippen LogP) is 1.91. The van der Waals surface area contributed by atoms with Crippen LogP contribution in [0, 0.1) is 0 Å². The van der Waals surface area contributed by atoms with Gasteiger partial charge in [-0.2, -0.15) is 13.2 Å². The number of hydrogen-bond donors (Lipinski definition) is 0. The largest absolute Gasteiger partial charge is 0.434 e. The molecule has 27 heavy (non-hydrogen) atoms. The van der Waals surface area contributed by atoms with E-state index in [2.05, 4.69) is 4.98 Å². The van der Waals surface area contributed by atoms with Crippen LogP contribution in [0.3, 0.4) is 0 Å². The van der Waals surface area contributed by atoms with E-state index < -0.39 is 39.8 Å². The molecule has 0 atom stereocenters. The fraction of sp³-hybridized carbons (Fsp3) is 0.176. The molecule has 0 bridgehead atoms. The average Bonchev–Trinajstić information content (AvgIpc) is 2.62. The van der Waals surface area contributed by atoms with Gasteiger partial charge in [0.15, 0.2) is 11.3 Å². The second-order valence-electron chi connectivity index (χ2n) is 6.00. The van der Waals surface area contributed by atoms with E-state index in [4.69, 9.17) is 4.42 Å². The van der Waals surface area contributed by atoms with Gasteiger partial charge in [0.1, 0.15) is 5.58 Å². The predicted molar refractivity (Wildman–Crippen MR) is 90.8 cm³/mol. The van der Waals surface area contributed by atoms with Crippen molar-refractivity contribution in [2.45, 2.75) is 6.18 Å². The van der Waals surface area contributed by atoms with Gasteiger partial charge in [-0.25, -0.2) is 14.6 Å². The Morgan fingerprint density at radius 1 is 0.963 bits per heavy atom. The van der Waals surface area contributed by atoms with Crippen LogP contribution in [0.4, 0.5) is 13.2 Å². The lowest BCUT2D eigenvalue weighted by molar-refractivity contribution is -0.139. The highest BCUT2D eigenvalue weighted by atomic mass is 19.4. The summed E-state index contributed by atoms with van der Waals surface area (Å²) in [6.07, 6.45) is -5.00. The zero-order chi connectivity index (χ0) is 19.7. The third kappa shape index (κ3) is 2.22. The molecule has 0 aliphatic carbocycles. The summed E-state index contributed by atoms with van der Waals surface area (Å²) in [5, 5.41) is -1.20. The third-order valence-electron chi connectivity index (χ3n) is 4.42. The molecule has 3 heterocycles. The Morgan fingerprint density at radius 2 is 1.63 bits per heavy atom. The van der Waals surface area contributed by atoms with Crippen LogP contribution in [-0.4, -0.2) is 14.1 Å². The van der Waals surface area contributed by atoms with E-state index in [1.807, 2.05) is 0 Å². The second kappa shape index (κ2) is 5.29. The molecule has 0 aliphatic heterocycles. The van der Waals surface area contributed by atoms with Crippen molar-refractivity contribution in [2.75, 3.05) is 0 Å². The Bertz CT molecular complexity index is 1440. The molecule has 0 fully saturated rings. The van der Waals surface area contributed by atoms with Gasteiger partial charge < -0.3 is 4.42 Å². The van der Waals surface area contributed by atoms with Crippen LogP contribution in [0.25, 0.3) is 32.8 Å². The van der Waals surface area contributed by atoms with Crippen molar-refractivity contribution in [3.63, 3.8) is 0 Å². The Hall–Kier alpha value is -3.43. The highest BCUT2D eigenvalue weighted by Gasteiger charge is 2.38. The van der Waals surface area contributed by atoms with E-state index in [1.54, 1.807) is 6.07 Å². The summed E-state index contributed by atoms with van der Waals surface area (Å²) >= 11 is 0. The van der Waals surface area contributed by atoms with E-state index in [1.165, 1.54) is 32.3 Å². The maximum Gasteiger partial charge on any atom is 0.434 e. The Kier molecular flexibility index (Phi) is 3.33. The smallest absolute Gasteiger partial charge is 0.422 e. The van der Waals surface area contributed by atoms with Gasteiger partial charge in [0.25, 0.3) is 5.56 Å². The second-order valence-corrected chi connectivity index (χ2v) is 6.00. The third-order valence-corrected chi connectivity index (χ3v) is 4.42. The Labute approximate surface area is 146 Å². The molecule has 0 spiro atoms. The minimum absolute atomic E-state index is 0.0199. The number of para-hydroxylation sites is 1.